The maximum atomic E-state index is 4.64. The number of nitrogens with zero attached hydrogens (tertiary/aromatic N) is 2. The standard InChI is InChI=1S/C14H21N3S/c1-10-9-17-13(11(2)16-14(17)18-10)8-15-12-6-4-3-5-7-12/h9,12,15H,3-8H2,1-2H3. The Hall–Kier alpha value is -0.870. The lowest BCUT2D eigenvalue weighted by molar-refractivity contribution is 0.370. The third kappa shape index (κ3) is 2.31. The molecule has 0 saturated heterocycles. The van der Waals surface area contributed by atoms with Crippen LogP contribution in [0.15, 0.2) is 6.20 Å². The normalized spacial score (nSPS) is 17.7. The molecule has 2 aromatic heterocycles. The number of hydrogen-bond acceptors (Lipinski definition) is 3. The van der Waals surface area contributed by atoms with Gasteiger partial charge in [0.05, 0.1) is 11.4 Å². The fourth-order valence-electron chi connectivity index (χ4n) is 2.87. The summed E-state index contributed by atoms with van der Waals surface area (Å²) in [5.41, 5.74) is 2.50. The second kappa shape index (κ2) is 5.02. The molecule has 0 radical (unpaired) electrons. The van der Waals surface area contributed by atoms with Crippen molar-refractivity contribution in [3.05, 3.63) is 22.5 Å². The van der Waals surface area contributed by atoms with Crippen LogP contribution < -0.4 is 5.32 Å². The molecule has 0 amide bonds. The van der Waals surface area contributed by atoms with Crippen molar-refractivity contribution in [2.45, 2.75) is 58.5 Å². The molecule has 0 bridgehead atoms. The van der Waals surface area contributed by atoms with Crippen LogP contribution in [-0.4, -0.2) is 15.4 Å². The Morgan fingerprint density at radius 3 is 2.89 bits per heavy atom. The van der Waals surface area contributed by atoms with E-state index in [1.54, 1.807) is 11.3 Å². The van der Waals surface area contributed by atoms with Gasteiger partial charge in [0.1, 0.15) is 0 Å². The van der Waals surface area contributed by atoms with Gasteiger partial charge in [-0.25, -0.2) is 4.98 Å². The van der Waals surface area contributed by atoms with Crippen LogP contribution in [0.3, 0.4) is 0 Å². The van der Waals surface area contributed by atoms with E-state index in [9.17, 15) is 0 Å². The third-order valence-corrected chi connectivity index (χ3v) is 4.80. The zero-order valence-corrected chi connectivity index (χ0v) is 12.0. The van der Waals surface area contributed by atoms with E-state index in [-0.39, 0.29) is 0 Å². The van der Waals surface area contributed by atoms with Crippen LogP contribution in [0.4, 0.5) is 0 Å². The summed E-state index contributed by atoms with van der Waals surface area (Å²) in [6.45, 7) is 5.22. The lowest BCUT2D eigenvalue weighted by Gasteiger charge is -2.22. The molecule has 3 nitrogen and oxygen atoms in total. The summed E-state index contributed by atoms with van der Waals surface area (Å²) in [5.74, 6) is 0. The molecule has 1 saturated carbocycles. The number of thiazole rings is 1. The van der Waals surface area contributed by atoms with E-state index in [0.29, 0.717) is 6.04 Å². The Balaban J connectivity index is 1.74. The highest BCUT2D eigenvalue weighted by molar-refractivity contribution is 7.17. The lowest BCUT2D eigenvalue weighted by Crippen LogP contribution is -2.31. The van der Waals surface area contributed by atoms with Crippen LogP contribution in [0.2, 0.25) is 0 Å². The highest BCUT2D eigenvalue weighted by atomic mass is 32.1. The first-order valence-corrected chi connectivity index (χ1v) is 7.73. The Labute approximate surface area is 112 Å². The van der Waals surface area contributed by atoms with Crippen molar-refractivity contribution in [3.8, 4) is 0 Å². The molecule has 1 aliphatic carbocycles. The molecule has 18 heavy (non-hydrogen) atoms. The summed E-state index contributed by atoms with van der Waals surface area (Å²) in [4.78, 5) is 7.10. The Bertz CT molecular complexity index is 534. The van der Waals surface area contributed by atoms with Crippen molar-refractivity contribution in [3.63, 3.8) is 0 Å². The fraction of sp³-hybridized carbons (Fsp3) is 0.643. The molecule has 2 heterocycles. The largest absolute Gasteiger partial charge is 0.308 e. The zero-order chi connectivity index (χ0) is 12.5. The van der Waals surface area contributed by atoms with Gasteiger partial charge in [0, 0.05) is 23.7 Å². The van der Waals surface area contributed by atoms with Crippen molar-refractivity contribution < 1.29 is 0 Å². The van der Waals surface area contributed by atoms with E-state index in [1.807, 2.05) is 0 Å². The van der Waals surface area contributed by atoms with Crippen LogP contribution in [0.1, 0.15) is 48.4 Å². The molecule has 1 N–H and O–H groups in total. The smallest absolute Gasteiger partial charge is 0.194 e. The van der Waals surface area contributed by atoms with Crippen molar-refractivity contribution in [2.24, 2.45) is 0 Å². The maximum Gasteiger partial charge on any atom is 0.194 e. The third-order valence-electron chi connectivity index (χ3n) is 3.90. The van der Waals surface area contributed by atoms with Gasteiger partial charge in [-0.3, -0.25) is 4.40 Å². The van der Waals surface area contributed by atoms with Gasteiger partial charge in [-0.1, -0.05) is 19.3 Å². The van der Waals surface area contributed by atoms with Crippen molar-refractivity contribution in [2.75, 3.05) is 0 Å². The average Bonchev–Trinajstić information content (AvgIpc) is 2.84. The number of fused-ring (bicyclic) bond motifs is 1. The number of aryl methyl sites for hydroxylation is 2. The zero-order valence-electron chi connectivity index (χ0n) is 11.2. The summed E-state index contributed by atoms with van der Waals surface area (Å²) < 4.78 is 2.26. The molecule has 3 rings (SSSR count). The van der Waals surface area contributed by atoms with Crippen LogP contribution in [0.5, 0.6) is 0 Å². The summed E-state index contributed by atoms with van der Waals surface area (Å²) in [5, 5.41) is 3.71. The quantitative estimate of drug-likeness (QED) is 0.919. The Morgan fingerprint density at radius 2 is 2.11 bits per heavy atom. The first-order chi connectivity index (χ1) is 8.74. The highest BCUT2D eigenvalue weighted by Gasteiger charge is 2.15. The predicted octanol–water partition coefficient (Wildman–Crippen LogP) is 3.43. The number of rotatable bonds is 3. The minimum absolute atomic E-state index is 0.712. The van der Waals surface area contributed by atoms with E-state index in [0.717, 1.165) is 11.5 Å². The minimum atomic E-state index is 0.712. The van der Waals surface area contributed by atoms with E-state index >= 15 is 0 Å². The number of nitrogens with one attached hydrogen (secondary N) is 1. The van der Waals surface area contributed by atoms with Crippen molar-refractivity contribution >= 4 is 16.3 Å². The fourth-order valence-corrected chi connectivity index (χ4v) is 3.76. The van der Waals surface area contributed by atoms with Gasteiger partial charge in [-0.05, 0) is 26.7 Å². The molecule has 1 aliphatic rings. The Morgan fingerprint density at radius 1 is 1.33 bits per heavy atom. The second-order valence-electron chi connectivity index (χ2n) is 5.35. The van der Waals surface area contributed by atoms with E-state index < -0.39 is 0 Å². The molecule has 4 heteroatoms. The van der Waals surface area contributed by atoms with Crippen molar-refractivity contribution in [1.29, 1.82) is 0 Å². The molecule has 0 aliphatic heterocycles. The lowest BCUT2D eigenvalue weighted by atomic mass is 9.95. The van der Waals surface area contributed by atoms with Gasteiger partial charge in [0.2, 0.25) is 0 Å². The van der Waals surface area contributed by atoms with Gasteiger partial charge < -0.3 is 5.32 Å². The molecule has 0 spiro atoms. The monoisotopic (exact) mass is 263 g/mol. The molecule has 98 valence electrons. The maximum absolute atomic E-state index is 4.64. The van der Waals surface area contributed by atoms with Crippen LogP contribution in [0, 0.1) is 13.8 Å². The van der Waals surface area contributed by atoms with Crippen LogP contribution in [-0.2, 0) is 6.54 Å². The number of aromatic nitrogens is 2. The van der Waals surface area contributed by atoms with Crippen LogP contribution in [0.25, 0.3) is 4.96 Å². The topological polar surface area (TPSA) is 29.3 Å². The first kappa shape index (κ1) is 12.2. The van der Waals surface area contributed by atoms with Gasteiger partial charge in [0.15, 0.2) is 4.96 Å². The molecule has 2 aromatic rings. The highest BCUT2D eigenvalue weighted by Crippen LogP contribution is 2.22. The van der Waals surface area contributed by atoms with Gasteiger partial charge in [-0.2, -0.15) is 0 Å². The number of imidazole rings is 1. The summed E-state index contributed by atoms with van der Waals surface area (Å²) in [6.07, 6.45) is 9.06. The minimum Gasteiger partial charge on any atom is -0.308 e. The number of hydrogen-bond donors (Lipinski definition) is 1. The summed E-state index contributed by atoms with van der Waals surface area (Å²) >= 11 is 1.77. The SMILES string of the molecule is Cc1cn2c(CNC3CCCCC3)c(C)nc2s1. The average molecular weight is 263 g/mol. The van der Waals surface area contributed by atoms with E-state index in [4.69, 9.17) is 0 Å². The first-order valence-electron chi connectivity index (χ1n) is 6.91. The van der Waals surface area contributed by atoms with Gasteiger partial charge >= 0.3 is 0 Å². The predicted molar refractivity (Wildman–Crippen MR) is 76.3 cm³/mol. The molecule has 0 atom stereocenters. The van der Waals surface area contributed by atoms with E-state index in [1.165, 1.54) is 48.4 Å². The molecule has 0 unspecified atom stereocenters. The molecule has 1 fully saturated rings. The summed E-state index contributed by atoms with van der Waals surface area (Å²) in [7, 11) is 0. The Kier molecular flexibility index (Phi) is 3.39. The second-order valence-corrected chi connectivity index (χ2v) is 6.57. The molecular formula is C14H21N3S. The van der Waals surface area contributed by atoms with E-state index in [2.05, 4.69) is 34.7 Å². The van der Waals surface area contributed by atoms with Gasteiger partial charge in [-0.15, -0.1) is 11.3 Å². The van der Waals surface area contributed by atoms with Gasteiger partial charge in [0.25, 0.3) is 0 Å². The summed E-state index contributed by atoms with van der Waals surface area (Å²) in [6, 6.07) is 0.712. The molecule has 0 aromatic carbocycles. The van der Waals surface area contributed by atoms with Crippen LogP contribution >= 0.6 is 11.3 Å². The molecular weight excluding hydrogens is 242 g/mol. The van der Waals surface area contributed by atoms with Crippen molar-refractivity contribution in [1.82, 2.24) is 14.7 Å².